The van der Waals surface area contributed by atoms with Crippen LogP contribution in [0.15, 0.2) is 52.6 Å². The standard InChI is InChI=1S/C18H24FN5O3S.HI/c1-20-18(24(2)13-14-6-7-17(27-3)16(19)11-14)22-9-10-23-28(25,26)15-5-4-8-21-12-15;/h4-8,11-12,23H,9-10,13H2,1-3H3,(H,20,22);1H. The Hall–Kier alpha value is -1.99. The highest BCUT2D eigenvalue weighted by molar-refractivity contribution is 14.0. The van der Waals surface area contributed by atoms with Gasteiger partial charge in [-0.3, -0.25) is 9.98 Å². The third-order valence-corrected chi connectivity index (χ3v) is 5.30. The molecule has 11 heteroatoms. The maximum atomic E-state index is 13.8. The summed E-state index contributed by atoms with van der Waals surface area (Å²) in [7, 11) is 1.23. The minimum Gasteiger partial charge on any atom is -0.494 e. The highest BCUT2D eigenvalue weighted by Gasteiger charge is 2.13. The molecular weight excluding hydrogens is 512 g/mol. The lowest BCUT2D eigenvalue weighted by atomic mass is 10.2. The van der Waals surface area contributed by atoms with Crippen LogP contribution in [0.5, 0.6) is 5.75 Å². The van der Waals surface area contributed by atoms with Gasteiger partial charge < -0.3 is 15.0 Å². The molecule has 0 spiro atoms. The van der Waals surface area contributed by atoms with E-state index in [0.29, 0.717) is 19.0 Å². The van der Waals surface area contributed by atoms with E-state index < -0.39 is 15.8 Å². The lowest BCUT2D eigenvalue weighted by molar-refractivity contribution is 0.385. The number of sulfonamides is 1. The largest absolute Gasteiger partial charge is 0.494 e. The van der Waals surface area contributed by atoms with E-state index >= 15 is 0 Å². The second kappa shape index (κ2) is 11.9. The number of halogens is 2. The molecule has 160 valence electrons. The molecule has 1 heterocycles. The lowest BCUT2D eigenvalue weighted by Gasteiger charge is -2.22. The first-order valence-electron chi connectivity index (χ1n) is 8.51. The zero-order valence-electron chi connectivity index (χ0n) is 16.4. The molecule has 0 radical (unpaired) electrons. The Morgan fingerprint density at radius 3 is 2.66 bits per heavy atom. The minimum absolute atomic E-state index is 0. The Kier molecular flexibility index (Phi) is 10.3. The van der Waals surface area contributed by atoms with Crippen LogP contribution >= 0.6 is 24.0 Å². The van der Waals surface area contributed by atoms with Gasteiger partial charge in [-0.1, -0.05) is 6.07 Å². The summed E-state index contributed by atoms with van der Waals surface area (Å²) >= 11 is 0. The van der Waals surface area contributed by atoms with Crippen LogP contribution in [-0.2, 0) is 16.6 Å². The van der Waals surface area contributed by atoms with Crippen molar-refractivity contribution >= 4 is 40.0 Å². The molecule has 29 heavy (non-hydrogen) atoms. The van der Waals surface area contributed by atoms with Crippen LogP contribution in [0.4, 0.5) is 4.39 Å². The summed E-state index contributed by atoms with van der Waals surface area (Å²) < 4.78 is 45.5. The van der Waals surface area contributed by atoms with Gasteiger partial charge in [-0.2, -0.15) is 0 Å². The molecule has 0 bridgehead atoms. The van der Waals surface area contributed by atoms with E-state index in [0.717, 1.165) is 5.56 Å². The number of benzene rings is 1. The Morgan fingerprint density at radius 1 is 1.31 bits per heavy atom. The SMILES string of the molecule is CN=C(NCCNS(=O)(=O)c1cccnc1)N(C)Cc1ccc(OC)c(F)c1.I. The number of nitrogens with one attached hydrogen (secondary N) is 2. The molecule has 1 aromatic carbocycles. The van der Waals surface area contributed by atoms with Crippen LogP contribution in [0.25, 0.3) is 0 Å². The zero-order valence-corrected chi connectivity index (χ0v) is 19.6. The van der Waals surface area contributed by atoms with Gasteiger partial charge in [-0.15, -0.1) is 24.0 Å². The Balaban J connectivity index is 0.00000420. The van der Waals surface area contributed by atoms with Gasteiger partial charge in [-0.25, -0.2) is 17.5 Å². The van der Waals surface area contributed by atoms with Gasteiger partial charge in [0, 0.05) is 46.1 Å². The molecule has 2 N–H and O–H groups in total. The number of aromatic nitrogens is 1. The van der Waals surface area contributed by atoms with Gasteiger partial charge in [-0.05, 0) is 29.8 Å². The van der Waals surface area contributed by atoms with Gasteiger partial charge >= 0.3 is 0 Å². The monoisotopic (exact) mass is 537 g/mol. The smallest absolute Gasteiger partial charge is 0.242 e. The van der Waals surface area contributed by atoms with Crippen molar-refractivity contribution in [3.8, 4) is 5.75 Å². The second-order valence-electron chi connectivity index (χ2n) is 5.89. The van der Waals surface area contributed by atoms with E-state index in [2.05, 4.69) is 20.0 Å². The maximum Gasteiger partial charge on any atom is 0.242 e. The first kappa shape index (κ1) is 25.0. The normalized spacial score (nSPS) is 11.5. The number of ether oxygens (including phenoxy) is 1. The van der Waals surface area contributed by atoms with Crippen molar-refractivity contribution in [1.29, 1.82) is 0 Å². The van der Waals surface area contributed by atoms with Crippen LogP contribution in [0.3, 0.4) is 0 Å². The molecule has 0 fully saturated rings. The highest BCUT2D eigenvalue weighted by atomic mass is 127. The average molecular weight is 537 g/mol. The van der Waals surface area contributed by atoms with Gasteiger partial charge in [0.1, 0.15) is 4.90 Å². The van der Waals surface area contributed by atoms with E-state index in [1.165, 1.54) is 31.6 Å². The fourth-order valence-electron chi connectivity index (χ4n) is 2.49. The van der Waals surface area contributed by atoms with Crippen molar-refractivity contribution in [1.82, 2.24) is 19.9 Å². The van der Waals surface area contributed by atoms with Crippen molar-refractivity contribution in [3.05, 3.63) is 54.1 Å². The molecule has 0 amide bonds. The zero-order chi connectivity index (χ0) is 20.6. The van der Waals surface area contributed by atoms with Crippen LogP contribution in [0.1, 0.15) is 5.56 Å². The van der Waals surface area contributed by atoms with E-state index in [1.807, 2.05) is 0 Å². The van der Waals surface area contributed by atoms with E-state index in [9.17, 15) is 12.8 Å². The number of hydrogen-bond acceptors (Lipinski definition) is 5. The number of rotatable bonds is 8. The molecule has 8 nitrogen and oxygen atoms in total. The average Bonchev–Trinajstić information content (AvgIpc) is 2.68. The van der Waals surface area contributed by atoms with Crippen molar-refractivity contribution in [2.45, 2.75) is 11.4 Å². The molecule has 0 aliphatic carbocycles. The van der Waals surface area contributed by atoms with Gasteiger partial charge in [0.2, 0.25) is 10.0 Å². The predicted molar refractivity (Wildman–Crippen MR) is 121 cm³/mol. The van der Waals surface area contributed by atoms with E-state index in [-0.39, 0.29) is 41.2 Å². The summed E-state index contributed by atoms with van der Waals surface area (Å²) in [6, 6.07) is 7.79. The van der Waals surface area contributed by atoms with E-state index in [1.54, 1.807) is 37.2 Å². The van der Waals surface area contributed by atoms with Crippen molar-refractivity contribution in [2.75, 3.05) is 34.3 Å². The number of guanidine groups is 1. The molecule has 0 aliphatic heterocycles. The van der Waals surface area contributed by atoms with E-state index in [4.69, 9.17) is 4.74 Å². The first-order valence-corrected chi connectivity index (χ1v) is 9.99. The third kappa shape index (κ3) is 7.40. The van der Waals surface area contributed by atoms with Crippen molar-refractivity contribution < 1.29 is 17.5 Å². The molecule has 0 atom stereocenters. The summed E-state index contributed by atoms with van der Waals surface area (Å²) in [5.74, 6) is 0.313. The predicted octanol–water partition coefficient (Wildman–Crippen LogP) is 1.83. The third-order valence-electron chi connectivity index (χ3n) is 3.85. The molecule has 2 rings (SSSR count). The molecule has 0 saturated heterocycles. The van der Waals surface area contributed by atoms with Gasteiger partial charge in [0.05, 0.1) is 7.11 Å². The molecule has 2 aromatic rings. The molecule has 0 unspecified atom stereocenters. The summed E-state index contributed by atoms with van der Waals surface area (Å²) in [6.07, 6.45) is 2.80. The summed E-state index contributed by atoms with van der Waals surface area (Å²) in [5.41, 5.74) is 0.751. The topological polar surface area (TPSA) is 95.9 Å². The van der Waals surface area contributed by atoms with Crippen LogP contribution < -0.4 is 14.8 Å². The number of nitrogens with zero attached hydrogens (tertiary/aromatic N) is 3. The Labute approximate surface area is 187 Å². The number of pyridine rings is 1. The van der Waals surface area contributed by atoms with Crippen molar-refractivity contribution in [3.63, 3.8) is 0 Å². The minimum atomic E-state index is -3.60. The first-order chi connectivity index (χ1) is 13.4. The molecule has 1 aromatic heterocycles. The van der Waals surface area contributed by atoms with Gasteiger partial charge in [0.15, 0.2) is 17.5 Å². The molecule has 0 saturated carbocycles. The summed E-state index contributed by atoms with van der Waals surface area (Å²) in [5, 5.41) is 3.07. The van der Waals surface area contributed by atoms with Crippen LogP contribution in [-0.4, -0.2) is 58.6 Å². The fourth-order valence-corrected chi connectivity index (χ4v) is 3.49. The lowest BCUT2D eigenvalue weighted by Crippen LogP contribution is -2.42. The number of aliphatic imine (C=N–C) groups is 1. The summed E-state index contributed by atoms with van der Waals surface area (Å²) in [4.78, 5) is 9.88. The molecular formula is C18H25FIN5O3S. The van der Waals surface area contributed by atoms with Gasteiger partial charge in [0.25, 0.3) is 0 Å². The highest BCUT2D eigenvalue weighted by Crippen LogP contribution is 2.18. The Bertz CT molecular complexity index is 913. The maximum absolute atomic E-state index is 13.8. The fraction of sp³-hybridized carbons (Fsp3) is 0.333. The van der Waals surface area contributed by atoms with Crippen LogP contribution in [0.2, 0.25) is 0 Å². The second-order valence-corrected chi connectivity index (χ2v) is 7.65. The Morgan fingerprint density at radius 2 is 2.07 bits per heavy atom. The van der Waals surface area contributed by atoms with Crippen molar-refractivity contribution in [2.24, 2.45) is 4.99 Å². The molecule has 0 aliphatic rings. The number of hydrogen-bond donors (Lipinski definition) is 2. The number of methoxy groups -OCH3 is 1. The summed E-state index contributed by atoms with van der Waals surface area (Å²) in [6.45, 7) is 0.913. The quantitative estimate of drug-likeness (QED) is 0.231. The van der Waals surface area contributed by atoms with Crippen LogP contribution in [0, 0.1) is 5.82 Å².